The first-order chi connectivity index (χ1) is 10.8. The first-order valence-electron chi connectivity index (χ1n) is 8.10. The van der Waals surface area contributed by atoms with Crippen LogP contribution in [0.2, 0.25) is 5.02 Å². The number of benzene rings is 1. The van der Waals surface area contributed by atoms with Gasteiger partial charge in [0.2, 0.25) is 11.8 Å². The molecule has 23 heavy (non-hydrogen) atoms. The minimum absolute atomic E-state index is 0.0361. The van der Waals surface area contributed by atoms with Gasteiger partial charge in [-0.15, -0.1) is 0 Å². The Labute approximate surface area is 143 Å². The van der Waals surface area contributed by atoms with Gasteiger partial charge in [-0.25, -0.2) is 0 Å². The molecule has 2 amide bonds. The Hall–Kier alpha value is -1.55. The molecule has 0 saturated heterocycles. The lowest BCUT2D eigenvalue weighted by Crippen LogP contribution is -2.38. The highest BCUT2D eigenvalue weighted by molar-refractivity contribution is 6.30. The van der Waals surface area contributed by atoms with Crippen LogP contribution < -0.4 is 10.6 Å². The molecular formula is C18H25ClN2O2. The minimum Gasteiger partial charge on any atom is -0.355 e. The molecule has 0 spiro atoms. The Morgan fingerprint density at radius 1 is 1.22 bits per heavy atom. The van der Waals surface area contributed by atoms with E-state index in [0.717, 1.165) is 18.4 Å². The van der Waals surface area contributed by atoms with Crippen molar-refractivity contribution >= 4 is 23.4 Å². The average molecular weight is 337 g/mol. The lowest BCUT2D eigenvalue weighted by molar-refractivity contribution is -0.128. The van der Waals surface area contributed by atoms with Crippen molar-refractivity contribution < 1.29 is 9.59 Å². The van der Waals surface area contributed by atoms with E-state index in [1.165, 1.54) is 0 Å². The zero-order valence-electron chi connectivity index (χ0n) is 14.0. The molecule has 0 bridgehead atoms. The van der Waals surface area contributed by atoms with Crippen molar-refractivity contribution in [2.75, 3.05) is 6.54 Å². The van der Waals surface area contributed by atoms with Crippen LogP contribution in [0, 0.1) is 11.3 Å². The number of nitrogens with one attached hydrogen (secondary N) is 2. The highest BCUT2D eigenvalue weighted by Gasteiger charge is 2.33. The zero-order valence-corrected chi connectivity index (χ0v) is 14.7. The summed E-state index contributed by atoms with van der Waals surface area (Å²) in [4.78, 5) is 24.0. The van der Waals surface area contributed by atoms with E-state index in [1.54, 1.807) is 0 Å². The highest BCUT2D eigenvalue weighted by Crippen LogP contribution is 2.41. The number of carbonyl (C=O) groups excluding carboxylic acids is 2. The van der Waals surface area contributed by atoms with Gasteiger partial charge in [0.1, 0.15) is 0 Å². The quantitative estimate of drug-likeness (QED) is 0.835. The predicted molar refractivity (Wildman–Crippen MR) is 92.1 cm³/mol. The maximum absolute atomic E-state index is 12.2. The van der Waals surface area contributed by atoms with Crippen molar-refractivity contribution in [2.45, 2.75) is 46.1 Å². The summed E-state index contributed by atoms with van der Waals surface area (Å²) in [5.41, 5.74) is 0.653. The van der Waals surface area contributed by atoms with Crippen molar-refractivity contribution in [1.29, 1.82) is 0 Å². The van der Waals surface area contributed by atoms with Gasteiger partial charge in [0.15, 0.2) is 0 Å². The van der Waals surface area contributed by atoms with Crippen LogP contribution in [0.4, 0.5) is 0 Å². The van der Waals surface area contributed by atoms with E-state index in [9.17, 15) is 9.59 Å². The molecule has 1 aliphatic carbocycles. The molecule has 4 nitrogen and oxygen atoms in total. The van der Waals surface area contributed by atoms with Gasteiger partial charge in [-0.05, 0) is 36.5 Å². The van der Waals surface area contributed by atoms with Crippen LogP contribution in [0.3, 0.4) is 0 Å². The fourth-order valence-corrected chi connectivity index (χ4v) is 2.50. The summed E-state index contributed by atoms with van der Waals surface area (Å²) in [6.45, 7) is 5.92. The third-order valence-corrected chi connectivity index (χ3v) is 4.21. The number of carbonyl (C=O) groups is 2. The number of hydrogen-bond acceptors (Lipinski definition) is 2. The SMILES string of the molecule is CC(C)(C)C(=O)NCCC(=O)NC(c1ccc(Cl)cc1)C1CC1. The molecule has 1 saturated carbocycles. The van der Waals surface area contributed by atoms with Crippen molar-refractivity contribution in [1.82, 2.24) is 10.6 Å². The Morgan fingerprint density at radius 2 is 1.83 bits per heavy atom. The Bertz CT molecular complexity index is 559. The summed E-state index contributed by atoms with van der Waals surface area (Å²) >= 11 is 5.92. The minimum atomic E-state index is -0.434. The standard InChI is InChI=1S/C18H25ClN2O2/c1-18(2,3)17(23)20-11-10-15(22)21-16(12-4-5-12)13-6-8-14(19)9-7-13/h6-9,12,16H,4-5,10-11H2,1-3H3,(H,20,23)(H,21,22). The molecule has 0 aliphatic heterocycles. The molecule has 0 radical (unpaired) electrons. The number of halogens is 1. The summed E-state index contributed by atoms with van der Waals surface area (Å²) in [6.07, 6.45) is 2.56. The fourth-order valence-electron chi connectivity index (χ4n) is 2.37. The van der Waals surface area contributed by atoms with Gasteiger partial charge in [-0.2, -0.15) is 0 Å². The summed E-state index contributed by atoms with van der Waals surface area (Å²) in [5, 5.41) is 6.59. The van der Waals surface area contributed by atoms with Crippen LogP contribution in [0.1, 0.15) is 51.6 Å². The monoisotopic (exact) mass is 336 g/mol. The average Bonchev–Trinajstić information content (AvgIpc) is 3.29. The third kappa shape index (κ3) is 5.54. The molecule has 1 atom stereocenters. The Kier molecular flexibility index (Phi) is 5.69. The molecule has 2 rings (SSSR count). The van der Waals surface area contributed by atoms with Crippen LogP contribution in [0.25, 0.3) is 0 Å². The lowest BCUT2D eigenvalue weighted by Gasteiger charge is -2.20. The molecule has 126 valence electrons. The zero-order chi connectivity index (χ0) is 17.0. The topological polar surface area (TPSA) is 58.2 Å². The van der Waals surface area contributed by atoms with Crippen LogP contribution in [0.5, 0.6) is 0 Å². The molecule has 0 heterocycles. The van der Waals surface area contributed by atoms with Crippen LogP contribution in [-0.2, 0) is 9.59 Å². The van der Waals surface area contributed by atoms with E-state index in [0.29, 0.717) is 23.9 Å². The molecular weight excluding hydrogens is 312 g/mol. The normalized spacial score (nSPS) is 15.8. The second kappa shape index (κ2) is 7.35. The molecule has 1 aromatic rings. The van der Waals surface area contributed by atoms with E-state index < -0.39 is 5.41 Å². The number of hydrogen-bond donors (Lipinski definition) is 2. The molecule has 1 aliphatic rings. The van der Waals surface area contributed by atoms with Gasteiger partial charge in [0.05, 0.1) is 6.04 Å². The van der Waals surface area contributed by atoms with Crippen LogP contribution in [-0.4, -0.2) is 18.4 Å². The molecule has 0 aromatic heterocycles. The largest absolute Gasteiger partial charge is 0.355 e. The predicted octanol–water partition coefficient (Wildman–Crippen LogP) is 3.46. The molecule has 5 heteroatoms. The first kappa shape index (κ1) is 17.8. The van der Waals surface area contributed by atoms with Crippen molar-refractivity contribution in [3.63, 3.8) is 0 Å². The van der Waals surface area contributed by atoms with Gasteiger partial charge in [-0.3, -0.25) is 9.59 Å². The summed E-state index contributed by atoms with van der Waals surface area (Å²) in [7, 11) is 0. The highest BCUT2D eigenvalue weighted by atomic mass is 35.5. The first-order valence-corrected chi connectivity index (χ1v) is 8.48. The van der Waals surface area contributed by atoms with Crippen molar-refractivity contribution in [2.24, 2.45) is 11.3 Å². The van der Waals surface area contributed by atoms with E-state index in [4.69, 9.17) is 11.6 Å². The molecule has 2 N–H and O–H groups in total. The van der Waals surface area contributed by atoms with Crippen LogP contribution >= 0.6 is 11.6 Å². The maximum atomic E-state index is 12.2. The van der Waals surface area contributed by atoms with Gasteiger partial charge >= 0.3 is 0 Å². The lowest BCUT2D eigenvalue weighted by atomic mass is 9.96. The van der Waals surface area contributed by atoms with Gasteiger partial charge < -0.3 is 10.6 Å². The van der Waals surface area contributed by atoms with E-state index >= 15 is 0 Å². The molecule has 1 unspecified atom stereocenters. The Balaban J connectivity index is 1.85. The van der Waals surface area contributed by atoms with Crippen molar-refractivity contribution in [3.05, 3.63) is 34.9 Å². The number of rotatable bonds is 6. The third-order valence-electron chi connectivity index (χ3n) is 3.96. The van der Waals surface area contributed by atoms with Crippen molar-refractivity contribution in [3.8, 4) is 0 Å². The summed E-state index contributed by atoms with van der Waals surface area (Å²) in [5.74, 6) is 0.428. The molecule has 1 fully saturated rings. The molecule has 1 aromatic carbocycles. The second-order valence-corrected chi connectivity index (χ2v) is 7.63. The van der Waals surface area contributed by atoms with Gasteiger partial charge in [-0.1, -0.05) is 44.5 Å². The smallest absolute Gasteiger partial charge is 0.225 e. The number of amides is 2. The van der Waals surface area contributed by atoms with E-state index in [2.05, 4.69) is 10.6 Å². The Morgan fingerprint density at radius 3 is 2.35 bits per heavy atom. The van der Waals surface area contributed by atoms with Gasteiger partial charge in [0.25, 0.3) is 0 Å². The fraction of sp³-hybridized carbons (Fsp3) is 0.556. The van der Waals surface area contributed by atoms with Gasteiger partial charge in [0, 0.05) is 23.4 Å². The maximum Gasteiger partial charge on any atom is 0.225 e. The second-order valence-electron chi connectivity index (χ2n) is 7.19. The van der Waals surface area contributed by atoms with Crippen LogP contribution in [0.15, 0.2) is 24.3 Å². The summed E-state index contributed by atoms with van der Waals surface area (Å²) < 4.78 is 0. The van der Waals surface area contributed by atoms with E-state index in [1.807, 2.05) is 45.0 Å². The summed E-state index contributed by atoms with van der Waals surface area (Å²) in [6, 6.07) is 7.67. The van der Waals surface area contributed by atoms with E-state index in [-0.39, 0.29) is 17.9 Å².